The van der Waals surface area contributed by atoms with Crippen LogP contribution in [0.3, 0.4) is 0 Å². The molecule has 0 N–H and O–H groups in total. The topological polar surface area (TPSA) is 0 Å². The van der Waals surface area contributed by atoms with E-state index in [2.05, 4.69) is 40.0 Å². The molecular formula is C11H16. The van der Waals surface area contributed by atoms with Gasteiger partial charge < -0.3 is 0 Å². The fourth-order valence-corrected chi connectivity index (χ4v) is 0.467. The highest BCUT2D eigenvalue weighted by Crippen LogP contribution is 2.05. The van der Waals surface area contributed by atoms with Gasteiger partial charge in [0.15, 0.2) is 0 Å². The van der Waals surface area contributed by atoms with Crippen LogP contribution in [0.1, 0.15) is 20.8 Å². The summed E-state index contributed by atoms with van der Waals surface area (Å²) in [4.78, 5) is 0. The van der Waals surface area contributed by atoms with Crippen LogP contribution < -0.4 is 0 Å². The van der Waals surface area contributed by atoms with Crippen molar-refractivity contribution in [2.75, 3.05) is 0 Å². The average Bonchev–Trinajstić information content (AvgIpc) is 1.99. The van der Waals surface area contributed by atoms with Gasteiger partial charge in [-0.25, -0.2) is 0 Å². The highest BCUT2D eigenvalue weighted by Gasteiger charge is 1.84. The molecule has 0 aliphatic heterocycles. The van der Waals surface area contributed by atoms with Crippen LogP contribution >= 0.6 is 0 Å². The smallest absolute Gasteiger partial charge is 0.0335 e. The van der Waals surface area contributed by atoms with Crippen LogP contribution in [0.15, 0.2) is 48.1 Å². The third-order valence-electron chi connectivity index (χ3n) is 1.60. The van der Waals surface area contributed by atoms with Gasteiger partial charge in [-0.3, -0.25) is 0 Å². The van der Waals surface area contributed by atoms with Crippen molar-refractivity contribution >= 4 is 0 Å². The van der Waals surface area contributed by atoms with Gasteiger partial charge in [0.05, 0.1) is 0 Å². The molecule has 60 valence electrons. The second kappa shape index (κ2) is 4.73. The predicted molar refractivity (Wildman–Crippen MR) is 52.5 cm³/mol. The molecule has 0 atom stereocenters. The lowest BCUT2D eigenvalue weighted by Gasteiger charge is -1.94. The molecule has 0 radical (unpaired) electrons. The summed E-state index contributed by atoms with van der Waals surface area (Å²) in [6.07, 6.45) is 5.77. The van der Waals surface area contributed by atoms with Crippen LogP contribution in [0.5, 0.6) is 0 Å². The van der Waals surface area contributed by atoms with Crippen LogP contribution in [-0.2, 0) is 0 Å². The van der Waals surface area contributed by atoms with E-state index in [0.717, 1.165) is 5.57 Å². The molecule has 0 bridgehead atoms. The summed E-state index contributed by atoms with van der Waals surface area (Å²) in [5.41, 5.74) is 3.57. The second-order valence-corrected chi connectivity index (χ2v) is 2.80. The van der Waals surface area contributed by atoms with Crippen LogP contribution in [0.2, 0.25) is 0 Å². The number of hydrogen-bond acceptors (Lipinski definition) is 0. The highest BCUT2D eigenvalue weighted by atomic mass is 13.9. The van der Waals surface area contributed by atoms with Crippen molar-refractivity contribution in [1.82, 2.24) is 0 Å². The lowest BCUT2D eigenvalue weighted by molar-refractivity contribution is 1.29. The molecule has 0 aliphatic carbocycles. The first-order valence-corrected chi connectivity index (χ1v) is 3.71. The maximum absolute atomic E-state index is 3.78. The standard InChI is InChI=1S/C11H16/c1-6-10(4)7-8-11(5)9(2)3/h6-8H,1,4H2,2-3,5H3/b8-7-. The van der Waals surface area contributed by atoms with E-state index >= 15 is 0 Å². The molecule has 0 nitrogen and oxygen atoms in total. The third-order valence-corrected chi connectivity index (χ3v) is 1.60. The van der Waals surface area contributed by atoms with Crippen molar-refractivity contribution in [2.45, 2.75) is 20.8 Å². The molecule has 0 heteroatoms. The molecule has 0 aliphatic rings. The van der Waals surface area contributed by atoms with Gasteiger partial charge in [0.1, 0.15) is 0 Å². The maximum atomic E-state index is 3.78. The van der Waals surface area contributed by atoms with E-state index in [9.17, 15) is 0 Å². The van der Waals surface area contributed by atoms with E-state index in [0.29, 0.717) is 0 Å². The fourth-order valence-electron chi connectivity index (χ4n) is 0.467. The molecule has 0 heterocycles. The molecule has 0 amide bonds. The molecule has 0 rings (SSSR count). The van der Waals surface area contributed by atoms with Crippen LogP contribution in [-0.4, -0.2) is 0 Å². The van der Waals surface area contributed by atoms with E-state index in [1.54, 1.807) is 6.08 Å². The zero-order valence-corrected chi connectivity index (χ0v) is 7.65. The zero-order chi connectivity index (χ0) is 8.85. The van der Waals surface area contributed by atoms with Crippen molar-refractivity contribution in [3.8, 4) is 0 Å². The molecule has 0 aromatic carbocycles. The van der Waals surface area contributed by atoms with Gasteiger partial charge in [0.2, 0.25) is 0 Å². The summed E-state index contributed by atoms with van der Waals surface area (Å²) in [5.74, 6) is 0. The molecule has 0 saturated carbocycles. The lowest BCUT2D eigenvalue weighted by Crippen LogP contribution is -1.73. The normalized spacial score (nSPS) is 9.73. The molecular weight excluding hydrogens is 132 g/mol. The molecule has 0 aromatic rings. The van der Waals surface area contributed by atoms with Crippen LogP contribution in [0.4, 0.5) is 0 Å². The Balaban J connectivity index is 4.26. The van der Waals surface area contributed by atoms with Crippen LogP contribution in [0.25, 0.3) is 0 Å². The Morgan fingerprint density at radius 1 is 1.09 bits per heavy atom. The van der Waals surface area contributed by atoms with Gasteiger partial charge >= 0.3 is 0 Å². The van der Waals surface area contributed by atoms with Crippen molar-refractivity contribution < 1.29 is 0 Å². The first-order chi connectivity index (χ1) is 5.07. The summed E-state index contributed by atoms with van der Waals surface area (Å²) in [6.45, 7) is 13.7. The van der Waals surface area contributed by atoms with E-state index in [1.807, 2.05) is 6.08 Å². The minimum absolute atomic E-state index is 0.950. The van der Waals surface area contributed by atoms with Gasteiger partial charge in [0, 0.05) is 0 Å². The van der Waals surface area contributed by atoms with Crippen molar-refractivity contribution in [3.63, 3.8) is 0 Å². The van der Waals surface area contributed by atoms with Crippen molar-refractivity contribution in [1.29, 1.82) is 0 Å². The van der Waals surface area contributed by atoms with Gasteiger partial charge in [-0.15, -0.1) is 0 Å². The first-order valence-electron chi connectivity index (χ1n) is 3.71. The fraction of sp³-hybridized carbons (Fsp3) is 0.273. The van der Waals surface area contributed by atoms with Crippen molar-refractivity contribution in [2.24, 2.45) is 0 Å². The molecule has 0 spiro atoms. The quantitative estimate of drug-likeness (QED) is 0.536. The average molecular weight is 148 g/mol. The molecule has 0 unspecified atom stereocenters. The van der Waals surface area contributed by atoms with Gasteiger partial charge in [-0.2, -0.15) is 0 Å². The molecule has 0 saturated heterocycles. The Morgan fingerprint density at radius 3 is 2.00 bits per heavy atom. The second-order valence-electron chi connectivity index (χ2n) is 2.80. The molecule has 0 aromatic heterocycles. The van der Waals surface area contributed by atoms with E-state index in [1.165, 1.54) is 11.1 Å². The van der Waals surface area contributed by atoms with Crippen LogP contribution in [0, 0.1) is 0 Å². The summed E-state index contributed by atoms with van der Waals surface area (Å²) < 4.78 is 0. The lowest BCUT2D eigenvalue weighted by atomic mass is 10.1. The molecule has 0 fully saturated rings. The predicted octanol–water partition coefficient (Wildman–Crippen LogP) is 3.64. The Kier molecular flexibility index (Phi) is 4.28. The van der Waals surface area contributed by atoms with Crippen molar-refractivity contribution in [3.05, 3.63) is 48.1 Å². The minimum Gasteiger partial charge on any atom is -0.0985 e. The van der Waals surface area contributed by atoms with Gasteiger partial charge in [-0.1, -0.05) is 42.5 Å². The SMILES string of the molecule is C=CC(=C)/C=C\C(C)=C(C)C. The largest absolute Gasteiger partial charge is 0.0985 e. The maximum Gasteiger partial charge on any atom is -0.0335 e. The highest BCUT2D eigenvalue weighted by molar-refractivity contribution is 5.32. The Bertz CT molecular complexity index is 210. The first kappa shape index (κ1) is 9.96. The van der Waals surface area contributed by atoms with E-state index in [4.69, 9.17) is 0 Å². The van der Waals surface area contributed by atoms with E-state index in [-0.39, 0.29) is 0 Å². The summed E-state index contributed by atoms with van der Waals surface area (Å²) in [6, 6.07) is 0. The third kappa shape index (κ3) is 4.38. The van der Waals surface area contributed by atoms with E-state index < -0.39 is 0 Å². The Morgan fingerprint density at radius 2 is 1.64 bits per heavy atom. The number of rotatable bonds is 3. The summed E-state index contributed by atoms with van der Waals surface area (Å²) in [5, 5.41) is 0. The zero-order valence-electron chi connectivity index (χ0n) is 7.65. The Labute approximate surface area is 69.6 Å². The minimum atomic E-state index is 0.950. The number of hydrogen-bond donors (Lipinski definition) is 0. The van der Waals surface area contributed by atoms with Gasteiger partial charge in [-0.05, 0) is 26.3 Å². The summed E-state index contributed by atoms with van der Waals surface area (Å²) >= 11 is 0. The van der Waals surface area contributed by atoms with Gasteiger partial charge in [0.25, 0.3) is 0 Å². The summed E-state index contributed by atoms with van der Waals surface area (Å²) in [7, 11) is 0. The monoisotopic (exact) mass is 148 g/mol. The number of allylic oxidation sites excluding steroid dienone is 6. The Hall–Kier alpha value is -1.04. The molecule has 11 heavy (non-hydrogen) atoms.